The maximum Gasteiger partial charge on any atom is 0.270 e. The van der Waals surface area contributed by atoms with Crippen molar-refractivity contribution in [3.63, 3.8) is 0 Å². The molecular weight excluding hydrogens is 394 g/mol. The summed E-state index contributed by atoms with van der Waals surface area (Å²) in [5, 5.41) is 16.5. The molecule has 7 nitrogen and oxygen atoms in total. The summed E-state index contributed by atoms with van der Waals surface area (Å²) in [6.07, 6.45) is 0. The van der Waals surface area contributed by atoms with Gasteiger partial charge in [0.25, 0.3) is 17.5 Å². The van der Waals surface area contributed by atoms with Crippen molar-refractivity contribution >= 4 is 28.9 Å². The lowest BCUT2D eigenvalue weighted by Gasteiger charge is -2.19. The van der Waals surface area contributed by atoms with Crippen LogP contribution in [0.3, 0.4) is 0 Å². The molecule has 7 heteroatoms. The third kappa shape index (κ3) is 5.33. The first-order valence-electron chi connectivity index (χ1n) is 9.72. The number of amides is 2. The van der Waals surface area contributed by atoms with Crippen molar-refractivity contribution in [1.82, 2.24) is 0 Å². The van der Waals surface area contributed by atoms with Crippen LogP contribution in [-0.2, 0) is 5.41 Å². The molecule has 0 radical (unpaired) electrons. The lowest BCUT2D eigenvalue weighted by Crippen LogP contribution is -2.17. The fourth-order valence-corrected chi connectivity index (χ4v) is 2.97. The highest BCUT2D eigenvalue weighted by Crippen LogP contribution is 2.25. The van der Waals surface area contributed by atoms with Gasteiger partial charge in [-0.3, -0.25) is 19.7 Å². The van der Waals surface area contributed by atoms with Crippen molar-refractivity contribution in [3.05, 3.63) is 99.6 Å². The molecule has 0 aromatic heterocycles. The van der Waals surface area contributed by atoms with Gasteiger partial charge < -0.3 is 10.6 Å². The fraction of sp³-hybridized carbons (Fsp3) is 0.167. The number of rotatable bonds is 5. The maximum absolute atomic E-state index is 12.7. The van der Waals surface area contributed by atoms with Gasteiger partial charge >= 0.3 is 0 Å². The Morgan fingerprint density at radius 3 is 1.84 bits per heavy atom. The minimum Gasteiger partial charge on any atom is -0.320 e. The second-order valence-corrected chi connectivity index (χ2v) is 8.09. The van der Waals surface area contributed by atoms with E-state index in [0.717, 1.165) is 5.56 Å². The summed E-state index contributed by atoms with van der Waals surface area (Å²) in [5.41, 5.74) is 2.38. The molecule has 0 heterocycles. The van der Waals surface area contributed by atoms with Gasteiger partial charge in [-0.05, 0) is 41.3 Å². The molecule has 3 rings (SSSR count). The number of para-hydroxylation sites is 2. The van der Waals surface area contributed by atoms with Crippen molar-refractivity contribution in [1.29, 1.82) is 0 Å². The number of benzene rings is 3. The first-order chi connectivity index (χ1) is 14.6. The summed E-state index contributed by atoms with van der Waals surface area (Å²) in [6, 6.07) is 19.6. The number of hydrogen-bond acceptors (Lipinski definition) is 4. The second kappa shape index (κ2) is 8.79. The summed E-state index contributed by atoms with van der Waals surface area (Å²) in [7, 11) is 0. The third-order valence-corrected chi connectivity index (χ3v) is 4.76. The van der Waals surface area contributed by atoms with E-state index in [1.807, 2.05) is 12.1 Å². The van der Waals surface area contributed by atoms with Crippen LogP contribution in [0.5, 0.6) is 0 Å². The Hall–Kier alpha value is -4.00. The van der Waals surface area contributed by atoms with Crippen molar-refractivity contribution < 1.29 is 14.5 Å². The van der Waals surface area contributed by atoms with E-state index in [1.54, 1.807) is 36.4 Å². The summed E-state index contributed by atoms with van der Waals surface area (Å²) >= 11 is 0. The van der Waals surface area contributed by atoms with Gasteiger partial charge in [-0.25, -0.2) is 0 Å². The molecule has 0 saturated heterocycles. The average molecular weight is 417 g/mol. The Balaban J connectivity index is 1.77. The molecule has 2 amide bonds. The Kier molecular flexibility index (Phi) is 6.15. The van der Waals surface area contributed by atoms with Gasteiger partial charge in [0, 0.05) is 23.3 Å². The minimum absolute atomic E-state index is 0.0155. The highest BCUT2D eigenvalue weighted by atomic mass is 16.6. The van der Waals surface area contributed by atoms with E-state index in [-0.39, 0.29) is 22.6 Å². The van der Waals surface area contributed by atoms with Crippen LogP contribution < -0.4 is 10.6 Å². The number of anilines is 2. The lowest BCUT2D eigenvalue weighted by atomic mass is 9.87. The second-order valence-electron chi connectivity index (χ2n) is 8.09. The van der Waals surface area contributed by atoms with Crippen LogP contribution >= 0.6 is 0 Å². The molecule has 0 aliphatic carbocycles. The quantitative estimate of drug-likeness (QED) is 0.429. The van der Waals surface area contributed by atoms with Crippen LogP contribution in [-0.4, -0.2) is 16.7 Å². The molecule has 0 unspecified atom stereocenters. The molecule has 0 saturated carbocycles. The van der Waals surface area contributed by atoms with Gasteiger partial charge in [0.2, 0.25) is 0 Å². The van der Waals surface area contributed by atoms with Gasteiger partial charge in [-0.1, -0.05) is 51.1 Å². The molecule has 0 spiro atoms. The van der Waals surface area contributed by atoms with Crippen molar-refractivity contribution in [2.45, 2.75) is 26.2 Å². The zero-order valence-electron chi connectivity index (χ0n) is 17.5. The molecular formula is C24H23N3O4. The number of nitro groups is 1. The molecule has 0 bridgehead atoms. The number of nitrogens with zero attached hydrogens (tertiary/aromatic N) is 1. The Bertz CT molecular complexity index is 1130. The van der Waals surface area contributed by atoms with Crippen molar-refractivity contribution in [2.24, 2.45) is 0 Å². The number of hydrogen-bond donors (Lipinski definition) is 2. The molecule has 158 valence electrons. The number of non-ortho nitro benzene ring substituents is 1. The van der Waals surface area contributed by atoms with E-state index < -0.39 is 10.8 Å². The molecule has 0 atom stereocenters. The predicted molar refractivity (Wildman–Crippen MR) is 121 cm³/mol. The van der Waals surface area contributed by atoms with Crippen LogP contribution in [0.25, 0.3) is 0 Å². The molecule has 3 aromatic carbocycles. The molecule has 0 aliphatic rings. The first-order valence-corrected chi connectivity index (χ1v) is 9.72. The summed E-state index contributed by atoms with van der Waals surface area (Å²) in [4.78, 5) is 35.7. The lowest BCUT2D eigenvalue weighted by molar-refractivity contribution is -0.384. The zero-order chi connectivity index (χ0) is 22.6. The Labute approximate surface area is 180 Å². The smallest absolute Gasteiger partial charge is 0.270 e. The van der Waals surface area contributed by atoms with Crippen LogP contribution in [0.1, 0.15) is 47.1 Å². The number of carbonyl (C=O) groups excluding carboxylic acids is 2. The molecule has 0 fully saturated rings. The van der Waals surface area contributed by atoms with Crippen LogP contribution in [0, 0.1) is 10.1 Å². The third-order valence-electron chi connectivity index (χ3n) is 4.76. The van der Waals surface area contributed by atoms with E-state index in [9.17, 15) is 19.7 Å². The minimum atomic E-state index is -0.560. The SMILES string of the molecule is CC(C)(C)c1ccc(C(=O)Nc2ccccc2NC(=O)c2cccc([N+](=O)[O-])c2)cc1. The number of nitro benzene ring substituents is 1. The molecule has 3 aromatic rings. The largest absolute Gasteiger partial charge is 0.320 e. The summed E-state index contributed by atoms with van der Waals surface area (Å²) < 4.78 is 0. The Morgan fingerprint density at radius 1 is 0.774 bits per heavy atom. The number of nitrogens with one attached hydrogen (secondary N) is 2. The summed E-state index contributed by atoms with van der Waals surface area (Å²) in [6.45, 7) is 6.30. The van der Waals surface area contributed by atoms with E-state index in [4.69, 9.17) is 0 Å². The monoisotopic (exact) mass is 417 g/mol. The van der Waals surface area contributed by atoms with E-state index in [1.165, 1.54) is 24.3 Å². The molecule has 0 aliphatic heterocycles. The standard InChI is InChI=1S/C24H23N3O4/c1-24(2,3)18-13-11-16(12-14-18)22(28)25-20-9-4-5-10-21(20)26-23(29)17-7-6-8-19(15-17)27(30)31/h4-15H,1-3H3,(H,25,28)(H,26,29). The van der Waals surface area contributed by atoms with Gasteiger partial charge in [-0.15, -0.1) is 0 Å². The van der Waals surface area contributed by atoms with Gasteiger partial charge in [-0.2, -0.15) is 0 Å². The maximum atomic E-state index is 12.7. The van der Waals surface area contributed by atoms with Gasteiger partial charge in [0.1, 0.15) is 0 Å². The fourth-order valence-electron chi connectivity index (χ4n) is 2.97. The van der Waals surface area contributed by atoms with Crippen molar-refractivity contribution in [2.75, 3.05) is 10.6 Å². The van der Waals surface area contributed by atoms with Crippen LogP contribution in [0.2, 0.25) is 0 Å². The molecule has 2 N–H and O–H groups in total. The highest BCUT2D eigenvalue weighted by molar-refractivity contribution is 6.10. The topological polar surface area (TPSA) is 101 Å². The number of carbonyl (C=O) groups is 2. The predicted octanol–water partition coefficient (Wildman–Crippen LogP) is 5.40. The highest BCUT2D eigenvalue weighted by Gasteiger charge is 2.16. The Morgan fingerprint density at radius 2 is 1.32 bits per heavy atom. The van der Waals surface area contributed by atoms with E-state index >= 15 is 0 Å². The van der Waals surface area contributed by atoms with Crippen molar-refractivity contribution in [3.8, 4) is 0 Å². The average Bonchev–Trinajstić information content (AvgIpc) is 2.74. The van der Waals surface area contributed by atoms with E-state index in [0.29, 0.717) is 16.9 Å². The van der Waals surface area contributed by atoms with Gasteiger partial charge in [0.15, 0.2) is 0 Å². The van der Waals surface area contributed by atoms with E-state index in [2.05, 4.69) is 31.4 Å². The first kappa shape index (κ1) is 21.7. The van der Waals surface area contributed by atoms with Crippen LogP contribution in [0.4, 0.5) is 17.1 Å². The van der Waals surface area contributed by atoms with Crippen LogP contribution in [0.15, 0.2) is 72.8 Å². The summed E-state index contributed by atoms with van der Waals surface area (Å²) in [5.74, 6) is -0.822. The normalized spacial score (nSPS) is 10.9. The van der Waals surface area contributed by atoms with Gasteiger partial charge in [0.05, 0.1) is 16.3 Å². The molecule has 31 heavy (non-hydrogen) atoms. The zero-order valence-corrected chi connectivity index (χ0v) is 17.5.